The Bertz CT molecular complexity index is 181. The summed E-state index contributed by atoms with van der Waals surface area (Å²) in [5.74, 6) is -1.68. The molecule has 5 heteroatoms. The van der Waals surface area contributed by atoms with Crippen molar-refractivity contribution in [2.75, 3.05) is 6.61 Å². The van der Waals surface area contributed by atoms with Crippen LogP contribution in [0, 0.1) is 5.92 Å². The summed E-state index contributed by atoms with van der Waals surface area (Å²) in [5.41, 5.74) is 0. The number of aliphatic hydroxyl groups is 2. The third kappa shape index (κ3) is 1.57. The van der Waals surface area contributed by atoms with Crippen LogP contribution in [-0.2, 0) is 9.53 Å². The summed E-state index contributed by atoms with van der Waals surface area (Å²) in [5, 5.41) is 26.9. The minimum atomic E-state index is -1.10. The molecule has 1 saturated heterocycles. The van der Waals surface area contributed by atoms with Crippen LogP contribution in [0.1, 0.15) is 6.92 Å². The molecular weight excluding hydrogens is 164 g/mol. The first-order valence-corrected chi connectivity index (χ1v) is 3.74. The number of aliphatic hydroxyl groups excluding tert-OH is 2. The molecule has 1 aliphatic rings. The highest BCUT2D eigenvalue weighted by Crippen LogP contribution is 2.21. The number of hydrogen-bond acceptors (Lipinski definition) is 4. The normalized spacial score (nSPS) is 42.6. The van der Waals surface area contributed by atoms with Crippen LogP contribution in [0.4, 0.5) is 0 Å². The lowest BCUT2D eigenvalue weighted by Gasteiger charge is -2.33. The van der Waals surface area contributed by atoms with E-state index in [4.69, 9.17) is 14.9 Å². The first-order valence-electron chi connectivity index (χ1n) is 3.74. The molecule has 1 rings (SSSR count). The summed E-state index contributed by atoms with van der Waals surface area (Å²) in [4.78, 5) is 10.5. The molecule has 0 bridgehead atoms. The molecule has 1 heterocycles. The summed E-state index contributed by atoms with van der Waals surface area (Å²) in [6.07, 6.45) is -3.00. The van der Waals surface area contributed by atoms with Gasteiger partial charge >= 0.3 is 5.97 Å². The summed E-state index contributed by atoms with van der Waals surface area (Å²) in [6, 6.07) is 0. The van der Waals surface area contributed by atoms with Gasteiger partial charge in [-0.15, -0.1) is 0 Å². The van der Waals surface area contributed by atoms with Crippen molar-refractivity contribution in [3.63, 3.8) is 0 Å². The van der Waals surface area contributed by atoms with Crippen LogP contribution in [0.3, 0.4) is 0 Å². The Morgan fingerprint density at radius 3 is 2.58 bits per heavy atom. The Hall–Kier alpha value is -0.650. The van der Waals surface area contributed by atoms with E-state index in [2.05, 4.69) is 0 Å². The van der Waals surface area contributed by atoms with Gasteiger partial charge in [-0.05, 0) is 0 Å². The predicted molar refractivity (Wildman–Crippen MR) is 38.6 cm³/mol. The zero-order chi connectivity index (χ0) is 9.30. The number of carboxylic acid groups (broad SMARTS) is 1. The lowest BCUT2D eigenvalue weighted by Crippen LogP contribution is -2.50. The quantitative estimate of drug-likeness (QED) is 0.468. The van der Waals surface area contributed by atoms with E-state index < -0.39 is 30.2 Å². The molecule has 70 valence electrons. The smallest absolute Gasteiger partial charge is 0.333 e. The monoisotopic (exact) mass is 176 g/mol. The lowest BCUT2D eigenvalue weighted by molar-refractivity contribution is -0.183. The second-order valence-corrected chi connectivity index (χ2v) is 3.01. The van der Waals surface area contributed by atoms with Crippen LogP contribution in [-0.4, -0.2) is 46.2 Å². The minimum Gasteiger partial charge on any atom is -0.479 e. The molecule has 0 aromatic carbocycles. The molecule has 4 atom stereocenters. The van der Waals surface area contributed by atoms with Crippen molar-refractivity contribution < 1.29 is 24.9 Å². The van der Waals surface area contributed by atoms with Crippen molar-refractivity contribution in [2.24, 2.45) is 5.92 Å². The van der Waals surface area contributed by atoms with Crippen LogP contribution in [0.15, 0.2) is 0 Å². The second kappa shape index (κ2) is 3.38. The van der Waals surface area contributed by atoms with Gasteiger partial charge in [0, 0.05) is 5.92 Å². The third-order valence-electron chi connectivity index (χ3n) is 2.10. The van der Waals surface area contributed by atoms with Crippen molar-refractivity contribution in [3.05, 3.63) is 0 Å². The maximum absolute atomic E-state index is 10.5. The predicted octanol–water partition coefficient (Wildman–Crippen LogP) is -1.17. The van der Waals surface area contributed by atoms with Gasteiger partial charge in [0.2, 0.25) is 0 Å². The Labute approximate surface area is 69.6 Å². The van der Waals surface area contributed by atoms with Gasteiger partial charge in [0.05, 0.1) is 12.7 Å². The molecule has 1 aliphatic heterocycles. The number of carboxylic acids is 1. The van der Waals surface area contributed by atoms with E-state index in [-0.39, 0.29) is 6.61 Å². The molecule has 0 amide bonds. The average molecular weight is 176 g/mol. The summed E-state index contributed by atoms with van der Waals surface area (Å²) in [7, 11) is 0. The number of aliphatic carboxylic acids is 1. The Balaban J connectivity index is 2.65. The minimum absolute atomic E-state index is 0.123. The van der Waals surface area contributed by atoms with E-state index in [0.29, 0.717) is 0 Å². The molecule has 1 fully saturated rings. The van der Waals surface area contributed by atoms with Crippen LogP contribution in [0.25, 0.3) is 0 Å². The van der Waals surface area contributed by atoms with Crippen LogP contribution in [0.5, 0.6) is 0 Å². The fraction of sp³-hybridized carbons (Fsp3) is 0.857. The molecule has 0 aromatic heterocycles. The molecule has 0 aromatic rings. The molecule has 0 radical (unpaired) electrons. The highest BCUT2D eigenvalue weighted by Gasteiger charge is 2.39. The van der Waals surface area contributed by atoms with E-state index in [1.54, 1.807) is 0 Å². The fourth-order valence-electron chi connectivity index (χ4n) is 1.28. The van der Waals surface area contributed by atoms with Gasteiger partial charge in [-0.2, -0.15) is 0 Å². The molecule has 0 aliphatic carbocycles. The average Bonchev–Trinajstić information content (AvgIpc) is 2.00. The number of rotatable bonds is 1. The molecule has 5 nitrogen and oxygen atoms in total. The van der Waals surface area contributed by atoms with Crippen molar-refractivity contribution >= 4 is 5.97 Å². The van der Waals surface area contributed by atoms with Gasteiger partial charge in [0.1, 0.15) is 6.10 Å². The zero-order valence-corrected chi connectivity index (χ0v) is 6.67. The van der Waals surface area contributed by atoms with Crippen LogP contribution in [0.2, 0.25) is 0 Å². The van der Waals surface area contributed by atoms with E-state index >= 15 is 0 Å². The van der Waals surface area contributed by atoms with Crippen LogP contribution >= 0.6 is 0 Å². The van der Waals surface area contributed by atoms with Gasteiger partial charge in [-0.25, -0.2) is 4.79 Å². The highest BCUT2D eigenvalue weighted by atomic mass is 16.5. The first-order chi connectivity index (χ1) is 5.54. The molecule has 0 spiro atoms. The van der Waals surface area contributed by atoms with Gasteiger partial charge in [-0.3, -0.25) is 0 Å². The van der Waals surface area contributed by atoms with Gasteiger partial charge < -0.3 is 20.1 Å². The Morgan fingerprint density at radius 2 is 2.08 bits per heavy atom. The zero-order valence-electron chi connectivity index (χ0n) is 6.67. The standard InChI is InChI=1S/C7H12O5/c1-3-5(9)4(8)2-12-6(3)7(10)11/h3-6,8-9H,2H2,1H3,(H,10,11)/t3-,4?,5+,6?/m1/s1. The largest absolute Gasteiger partial charge is 0.479 e. The van der Waals surface area contributed by atoms with Gasteiger partial charge in [-0.1, -0.05) is 6.92 Å². The summed E-state index contributed by atoms with van der Waals surface area (Å²) < 4.78 is 4.82. The van der Waals surface area contributed by atoms with Crippen molar-refractivity contribution in [2.45, 2.75) is 25.2 Å². The van der Waals surface area contributed by atoms with E-state index in [1.807, 2.05) is 0 Å². The Morgan fingerprint density at radius 1 is 1.50 bits per heavy atom. The van der Waals surface area contributed by atoms with Crippen LogP contribution < -0.4 is 0 Å². The lowest BCUT2D eigenvalue weighted by atomic mass is 9.92. The van der Waals surface area contributed by atoms with Gasteiger partial charge in [0.25, 0.3) is 0 Å². The van der Waals surface area contributed by atoms with E-state index in [9.17, 15) is 9.90 Å². The highest BCUT2D eigenvalue weighted by molar-refractivity contribution is 5.72. The van der Waals surface area contributed by atoms with Crippen molar-refractivity contribution in [1.29, 1.82) is 0 Å². The van der Waals surface area contributed by atoms with E-state index in [0.717, 1.165) is 0 Å². The maximum Gasteiger partial charge on any atom is 0.333 e. The number of hydrogen-bond donors (Lipinski definition) is 3. The Kier molecular flexibility index (Phi) is 2.66. The maximum atomic E-state index is 10.5. The SMILES string of the molecule is C[C@H]1C(C(=O)O)OCC(O)[C@H]1O. The molecule has 2 unspecified atom stereocenters. The van der Waals surface area contributed by atoms with Crippen molar-refractivity contribution in [1.82, 2.24) is 0 Å². The first kappa shape index (κ1) is 9.44. The molecule has 0 saturated carbocycles. The second-order valence-electron chi connectivity index (χ2n) is 3.01. The van der Waals surface area contributed by atoms with E-state index in [1.165, 1.54) is 6.92 Å². The molecule has 3 N–H and O–H groups in total. The topological polar surface area (TPSA) is 87.0 Å². The number of ether oxygens (including phenoxy) is 1. The fourth-order valence-corrected chi connectivity index (χ4v) is 1.28. The molecular formula is C7H12O5. The third-order valence-corrected chi connectivity index (χ3v) is 2.10. The number of carbonyl (C=O) groups is 1. The van der Waals surface area contributed by atoms with Crippen molar-refractivity contribution in [3.8, 4) is 0 Å². The summed E-state index contributed by atoms with van der Waals surface area (Å²) >= 11 is 0. The summed E-state index contributed by atoms with van der Waals surface area (Å²) in [6.45, 7) is 1.41. The van der Waals surface area contributed by atoms with Gasteiger partial charge in [0.15, 0.2) is 6.10 Å². The molecule has 12 heavy (non-hydrogen) atoms.